The monoisotopic (exact) mass is 282 g/mol. The summed E-state index contributed by atoms with van der Waals surface area (Å²) in [5.74, 6) is -0.278. The molecule has 104 valence electrons. The Labute approximate surface area is 113 Å². The normalized spacial score (nSPS) is 19.7. The SMILES string of the molecule is Cc1cccc(C(=O)N2CCC[C@@H]2CS(N)(=O)=O)c1. The van der Waals surface area contributed by atoms with Crippen LogP contribution in [0.4, 0.5) is 0 Å². The number of aryl methyl sites for hydroxylation is 1. The van der Waals surface area contributed by atoms with Crippen molar-refractivity contribution >= 4 is 15.9 Å². The summed E-state index contributed by atoms with van der Waals surface area (Å²) in [6.45, 7) is 2.51. The Bertz CT molecular complexity index is 583. The predicted molar refractivity (Wildman–Crippen MR) is 73.2 cm³/mol. The Balaban J connectivity index is 2.18. The van der Waals surface area contributed by atoms with E-state index in [-0.39, 0.29) is 17.7 Å². The summed E-state index contributed by atoms with van der Waals surface area (Å²) in [5.41, 5.74) is 1.61. The van der Waals surface area contributed by atoms with E-state index in [0.29, 0.717) is 18.5 Å². The van der Waals surface area contributed by atoms with Gasteiger partial charge in [-0.05, 0) is 31.9 Å². The zero-order valence-electron chi connectivity index (χ0n) is 10.9. The van der Waals surface area contributed by atoms with Crippen molar-refractivity contribution in [2.24, 2.45) is 5.14 Å². The summed E-state index contributed by atoms with van der Waals surface area (Å²) < 4.78 is 22.4. The fourth-order valence-electron chi connectivity index (χ4n) is 2.49. The van der Waals surface area contributed by atoms with Crippen LogP contribution in [-0.2, 0) is 10.0 Å². The highest BCUT2D eigenvalue weighted by Crippen LogP contribution is 2.21. The first-order chi connectivity index (χ1) is 8.87. The third-order valence-corrected chi connectivity index (χ3v) is 4.18. The van der Waals surface area contributed by atoms with Crippen LogP contribution in [0.15, 0.2) is 24.3 Å². The van der Waals surface area contributed by atoms with Crippen LogP contribution in [-0.4, -0.2) is 37.6 Å². The Hall–Kier alpha value is -1.40. The molecule has 6 heteroatoms. The lowest BCUT2D eigenvalue weighted by molar-refractivity contribution is 0.0749. The third kappa shape index (κ3) is 3.54. The van der Waals surface area contributed by atoms with Gasteiger partial charge in [0.2, 0.25) is 10.0 Å². The highest BCUT2D eigenvalue weighted by molar-refractivity contribution is 7.89. The lowest BCUT2D eigenvalue weighted by Crippen LogP contribution is -2.41. The topological polar surface area (TPSA) is 80.5 Å². The Kier molecular flexibility index (Phi) is 3.91. The molecule has 1 aromatic rings. The van der Waals surface area contributed by atoms with E-state index in [0.717, 1.165) is 12.0 Å². The number of nitrogens with two attached hydrogens (primary N) is 1. The minimum atomic E-state index is -3.56. The van der Waals surface area contributed by atoms with Gasteiger partial charge in [0.1, 0.15) is 0 Å². The number of carbonyl (C=O) groups excluding carboxylic acids is 1. The molecule has 0 aromatic heterocycles. The highest BCUT2D eigenvalue weighted by Gasteiger charge is 2.31. The van der Waals surface area contributed by atoms with Crippen LogP contribution in [0, 0.1) is 6.92 Å². The van der Waals surface area contributed by atoms with Gasteiger partial charge in [-0.15, -0.1) is 0 Å². The van der Waals surface area contributed by atoms with E-state index >= 15 is 0 Å². The van der Waals surface area contributed by atoms with E-state index in [1.165, 1.54) is 0 Å². The molecule has 1 amide bonds. The average Bonchev–Trinajstić information content (AvgIpc) is 2.73. The van der Waals surface area contributed by atoms with Crippen molar-refractivity contribution in [3.63, 3.8) is 0 Å². The lowest BCUT2D eigenvalue weighted by atomic mass is 10.1. The van der Waals surface area contributed by atoms with Crippen molar-refractivity contribution in [2.45, 2.75) is 25.8 Å². The van der Waals surface area contributed by atoms with Crippen molar-refractivity contribution in [2.75, 3.05) is 12.3 Å². The van der Waals surface area contributed by atoms with Crippen LogP contribution >= 0.6 is 0 Å². The van der Waals surface area contributed by atoms with E-state index in [9.17, 15) is 13.2 Å². The molecule has 0 radical (unpaired) electrons. The number of primary sulfonamides is 1. The molecule has 0 bridgehead atoms. The molecule has 0 spiro atoms. The number of hydrogen-bond acceptors (Lipinski definition) is 3. The summed E-state index contributed by atoms with van der Waals surface area (Å²) in [7, 11) is -3.56. The van der Waals surface area contributed by atoms with Gasteiger partial charge in [-0.25, -0.2) is 13.6 Å². The molecular weight excluding hydrogens is 264 g/mol. The second-order valence-electron chi connectivity index (χ2n) is 4.99. The lowest BCUT2D eigenvalue weighted by Gasteiger charge is -2.24. The molecule has 1 heterocycles. The summed E-state index contributed by atoms with van der Waals surface area (Å²) >= 11 is 0. The summed E-state index contributed by atoms with van der Waals surface area (Å²) in [6, 6.07) is 7.01. The van der Waals surface area contributed by atoms with E-state index < -0.39 is 10.0 Å². The number of carbonyl (C=O) groups is 1. The average molecular weight is 282 g/mol. The molecule has 1 saturated heterocycles. The first-order valence-electron chi connectivity index (χ1n) is 6.25. The van der Waals surface area contributed by atoms with Gasteiger partial charge in [-0.2, -0.15) is 0 Å². The molecule has 1 aromatic carbocycles. The minimum absolute atomic E-state index is 0.116. The molecule has 0 saturated carbocycles. The van der Waals surface area contributed by atoms with Gasteiger partial charge in [-0.3, -0.25) is 4.79 Å². The zero-order chi connectivity index (χ0) is 14.0. The summed E-state index contributed by atoms with van der Waals surface area (Å²) in [4.78, 5) is 14.0. The van der Waals surface area contributed by atoms with Crippen molar-refractivity contribution in [1.82, 2.24) is 4.90 Å². The maximum absolute atomic E-state index is 12.4. The number of sulfonamides is 1. The van der Waals surface area contributed by atoms with Crippen LogP contribution in [0.2, 0.25) is 0 Å². The molecule has 1 aliphatic rings. The second kappa shape index (κ2) is 5.30. The van der Waals surface area contributed by atoms with E-state index in [4.69, 9.17) is 5.14 Å². The van der Waals surface area contributed by atoms with Crippen LogP contribution in [0.1, 0.15) is 28.8 Å². The van der Waals surface area contributed by atoms with Gasteiger partial charge < -0.3 is 4.90 Å². The highest BCUT2D eigenvalue weighted by atomic mass is 32.2. The van der Waals surface area contributed by atoms with Gasteiger partial charge in [0.25, 0.3) is 5.91 Å². The number of nitrogens with zero attached hydrogens (tertiary/aromatic N) is 1. The van der Waals surface area contributed by atoms with Crippen LogP contribution in [0.5, 0.6) is 0 Å². The van der Waals surface area contributed by atoms with E-state index in [1.807, 2.05) is 25.1 Å². The van der Waals surface area contributed by atoms with Gasteiger partial charge in [-0.1, -0.05) is 17.7 Å². The molecular formula is C13H18N2O3S. The fraction of sp³-hybridized carbons (Fsp3) is 0.462. The van der Waals surface area contributed by atoms with E-state index in [1.54, 1.807) is 11.0 Å². The van der Waals surface area contributed by atoms with E-state index in [2.05, 4.69) is 0 Å². The van der Waals surface area contributed by atoms with Crippen LogP contribution in [0.25, 0.3) is 0 Å². The first kappa shape index (κ1) is 14.0. The molecule has 1 aliphatic heterocycles. The maximum Gasteiger partial charge on any atom is 0.254 e. The largest absolute Gasteiger partial charge is 0.335 e. The van der Waals surface area contributed by atoms with Gasteiger partial charge in [0, 0.05) is 18.2 Å². The van der Waals surface area contributed by atoms with Crippen molar-refractivity contribution in [1.29, 1.82) is 0 Å². The Morgan fingerprint density at radius 3 is 2.84 bits per heavy atom. The molecule has 2 rings (SSSR count). The third-order valence-electron chi connectivity index (χ3n) is 3.33. The molecule has 0 unspecified atom stereocenters. The summed E-state index contributed by atoms with van der Waals surface area (Å²) in [6.07, 6.45) is 1.51. The molecule has 5 nitrogen and oxygen atoms in total. The fourth-order valence-corrected chi connectivity index (χ4v) is 3.37. The molecule has 0 aliphatic carbocycles. The van der Waals surface area contributed by atoms with Crippen molar-refractivity contribution < 1.29 is 13.2 Å². The van der Waals surface area contributed by atoms with Gasteiger partial charge >= 0.3 is 0 Å². The second-order valence-corrected chi connectivity index (χ2v) is 6.65. The Morgan fingerprint density at radius 2 is 2.21 bits per heavy atom. The smallest absolute Gasteiger partial charge is 0.254 e. The Morgan fingerprint density at radius 1 is 1.47 bits per heavy atom. The molecule has 1 atom stereocenters. The number of benzene rings is 1. The minimum Gasteiger partial charge on any atom is -0.335 e. The standard InChI is InChI=1S/C13H18N2O3S/c1-10-4-2-5-11(8-10)13(16)15-7-3-6-12(15)9-19(14,17)18/h2,4-5,8,12H,3,6-7,9H2,1H3,(H2,14,17,18)/t12-/m1/s1. The number of hydrogen-bond donors (Lipinski definition) is 1. The van der Waals surface area contributed by atoms with Crippen molar-refractivity contribution in [3.05, 3.63) is 35.4 Å². The number of amides is 1. The molecule has 19 heavy (non-hydrogen) atoms. The van der Waals surface area contributed by atoms with Gasteiger partial charge in [0.15, 0.2) is 0 Å². The maximum atomic E-state index is 12.4. The molecule has 2 N–H and O–H groups in total. The van der Waals surface area contributed by atoms with Crippen LogP contribution in [0.3, 0.4) is 0 Å². The quantitative estimate of drug-likeness (QED) is 0.894. The van der Waals surface area contributed by atoms with Crippen LogP contribution < -0.4 is 5.14 Å². The zero-order valence-corrected chi connectivity index (χ0v) is 11.7. The molecule has 1 fully saturated rings. The van der Waals surface area contributed by atoms with Gasteiger partial charge in [0.05, 0.1) is 5.75 Å². The number of rotatable bonds is 3. The first-order valence-corrected chi connectivity index (χ1v) is 7.96. The van der Waals surface area contributed by atoms with Crippen molar-refractivity contribution in [3.8, 4) is 0 Å². The summed E-state index contributed by atoms with van der Waals surface area (Å²) in [5, 5.41) is 5.07. The predicted octanol–water partition coefficient (Wildman–Crippen LogP) is 0.888. The number of likely N-dealkylation sites (tertiary alicyclic amines) is 1.